The Morgan fingerprint density at radius 2 is 1.81 bits per heavy atom. The Hall–Kier alpha value is -1.37. The fourth-order valence-electron chi connectivity index (χ4n) is 1.20. The van der Waals surface area contributed by atoms with Gasteiger partial charge in [0.2, 0.25) is 0 Å². The topological polar surface area (TPSA) is 74.8 Å². The van der Waals surface area contributed by atoms with Gasteiger partial charge in [0.1, 0.15) is 0 Å². The quantitative estimate of drug-likeness (QED) is 0.548. The number of hydrogen-bond acceptors (Lipinski definition) is 5. The molecule has 88 valence electrons. The molecule has 0 aromatic carbocycles. The maximum absolute atomic E-state index is 11.5. The van der Waals surface area contributed by atoms with Crippen LogP contribution in [0.3, 0.4) is 0 Å². The number of likely N-dealkylation sites (N-methyl/N-ethyl adjacent to an activating group) is 1. The second kappa shape index (κ2) is 5.11. The van der Waals surface area contributed by atoms with E-state index in [1.165, 1.54) is 0 Å². The summed E-state index contributed by atoms with van der Waals surface area (Å²) in [5, 5.41) is -0.679. The zero-order valence-electron chi connectivity index (χ0n) is 9.06. The lowest BCUT2D eigenvalue weighted by Crippen LogP contribution is -2.35. The molecule has 0 atom stereocenters. The van der Waals surface area contributed by atoms with E-state index in [1.807, 2.05) is 6.92 Å². The second-order valence-electron chi connectivity index (χ2n) is 3.09. The van der Waals surface area contributed by atoms with Crippen LogP contribution < -0.4 is 0 Å². The summed E-state index contributed by atoms with van der Waals surface area (Å²) in [5.74, 6) is -1.48. The normalized spacial score (nSPS) is 16.2. The molecule has 16 heavy (non-hydrogen) atoms. The highest BCUT2D eigenvalue weighted by atomic mass is 32.2. The maximum atomic E-state index is 11.5. The molecule has 0 bridgehead atoms. The van der Waals surface area contributed by atoms with E-state index in [4.69, 9.17) is 0 Å². The number of amides is 5. The van der Waals surface area contributed by atoms with Crippen molar-refractivity contribution in [2.75, 3.05) is 12.3 Å². The van der Waals surface area contributed by atoms with Crippen LogP contribution in [-0.4, -0.2) is 45.2 Å². The van der Waals surface area contributed by atoms with Crippen molar-refractivity contribution in [2.45, 2.75) is 20.3 Å². The van der Waals surface area contributed by atoms with E-state index >= 15 is 0 Å². The minimum atomic E-state index is -1.06. The molecule has 0 radical (unpaired) electrons. The van der Waals surface area contributed by atoms with E-state index in [0.29, 0.717) is 10.7 Å². The van der Waals surface area contributed by atoms with Gasteiger partial charge < -0.3 is 0 Å². The Morgan fingerprint density at radius 1 is 1.19 bits per heavy atom. The number of carbonyl (C=O) groups excluding carboxylic acids is 4. The van der Waals surface area contributed by atoms with Gasteiger partial charge in [-0.2, -0.15) is 4.90 Å². The molecule has 7 heteroatoms. The van der Waals surface area contributed by atoms with Gasteiger partial charge in [0, 0.05) is 12.3 Å². The van der Waals surface area contributed by atoms with E-state index in [-0.39, 0.29) is 6.54 Å². The largest absolute Gasteiger partial charge is 0.341 e. The first-order valence-corrected chi connectivity index (χ1v) is 5.89. The standard InChI is InChI=1S/C9H12N2O4S/c1-3-5-16-9(15)11-7(13)6(12)10(4-2)8(11)14/h3-5H2,1-2H3. The van der Waals surface area contributed by atoms with Gasteiger partial charge in [-0.1, -0.05) is 18.7 Å². The van der Waals surface area contributed by atoms with Crippen molar-refractivity contribution in [3.63, 3.8) is 0 Å². The first kappa shape index (κ1) is 12.7. The minimum Gasteiger partial charge on any atom is -0.263 e. The molecule has 0 aliphatic carbocycles. The summed E-state index contributed by atoms with van der Waals surface area (Å²) in [7, 11) is 0. The smallest absolute Gasteiger partial charge is 0.263 e. The second-order valence-corrected chi connectivity index (χ2v) is 4.13. The number of hydrogen-bond donors (Lipinski definition) is 0. The van der Waals surface area contributed by atoms with Crippen molar-refractivity contribution < 1.29 is 19.2 Å². The maximum Gasteiger partial charge on any atom is 0.341 e. The molecule has 0 aromatic rings. The predicted molar refractivity (Wildman–Crippen MR) is 57.8 cm³/mol. The van der Waals surface area contributed by atoms with Gasteiger partial charge in [-0.3, -0.25) is 19.3 Å². The number of thioether (sulfide) groups is 1. The van der Waals surface area contributed by atoms with Crippen molar-refractivity contribution in [1.82, 2.24) is 9.80 Å². The summed E-state index contributed by atoms with van der Waals surface area (Å²) in [4.78, 5) is 46.9. The zero-order chi connectivity index (χ0) is 12.3. The molecule has 5 amide bonds. The Balaban J connectivity index is 2.82. The highest BCUT2D eigenvalue weighted by Crippen LogP contribution is 2.18. The van der Waals surface area contributed by atoms with Crippen molar-refractivity contribution in [2.24, 2.45) is 0 Å². The third-order valence-corrected chi connectivity index (χ3v) is 3.02. The molecule has 0 aromatic heterocycles. The molecule has 0 spiro atoms. The number of urea groups is 1. The Morgan fingerprint density at radius 3 is 2.25 bits per heavy atom. The molecular weight excluding hydrogens is 232 g/mol. The summed E-state index contributed by atoms with van der Waals surface area (Å²) < 4.78 is 0. The van der Waals surface area contributed by atoms with Crippen molar-refractivity contribution in [3.8, 4) is 0 Å². The number of rotatable bonds is 3. The molecule has 1 aliphatic heterocycles. The van der Waals surface area contributed by atoms with Gasteiger partial charge in [0.05, 0.1) is 0 Å². The van der Waals surface area contributed by atoms with Gasteiger partial charge in [0.25, 0.3) is 5.24 Å². The van der Waals surface area contributed by atoms with Crippen LogP contribution in [0.15, 0.2) is 0 Å². The van der Waals surface area contributed by atoms with Crippen LogP contribution in [0.4, 0.5) is 9.59 Å². The Labute approximate surface area is 96.9 Å². The van der Waals surface area contributed by atoms with Crippen LogP contribution in [0.5, 0.6) is 0 Å². The van der Waals surface area contributed by atoms with Gasteiger partial charge in [-0.05, 0) is 13.3 Å². The zero-order valence-corrected chi connectivity index (χ0v) is 9.87. The summed E-state index contributed by atoms with van der Waals surface area (Å²) in [6, 6.07) is -0.842. The third kappa shape index (κ3) is 2.08. The van der Waals surface area contributed by atoms with Crippen LogP contribution in [-0.2, 0) is 9.59 Å². The summed E-state index contributed by atoms with van der Waals surface area (Å²) in [5.41, 5.74) is 0. The minimum absolute atomic E-state index is 0.0889. The van der Waals surface area contributed by atoms with Crippen LogP contribution in [0, 0.1) is 0 Å². The highest BCUT2D eigenvalue weighted by molar-refractivity contribution is 8.13. The lowest BCUT2D eigenvalue weighted by atomic mass is 10.5. The number of nitrogens with zero attached hydrogens (tertiary/aromatic N) is 2. The molecule has 0 unspecified atom stereocenters. The van der Waals surface area contributed by atoms with Gasteiger partial charge in [0.15, 0.2) is 0 Å². The van der Waals surface area contributed by atoms with Crippen molar-refractivity contribution >= 4 is 34.8 Å². The summed E-state index contributed by atoms with van der Waals surface area (Å²) in [6.07, 6.45) is 0.748. The van der Waals surface area contributed by atoms with Crippen LogP contribution in [0.1, 0.15) is 20.3 Å². The van der Waals surface area contributed by atoms with E-state index in [9.17, 15) is 19.2 Å². The first-order chi connectivity index (χ1) is 7.54. The molecular formula is C9H12N2O4S. The molecule has 1 saturated heterocycles. The van der Waals surface area contributed by atoms with Gasteiger partial charge in [-0.25, -0.2) is 4.79 Å². The number of carbonyl (C=O) groups is 4. The molecule has 6 nitrogen and oxygen atoms in total. The van der Waals surface area contributed by atoms with E-state index in [2.05, 4.69) is 0 Å². The van der Waals surface area contributed by atoms with Gasteiger partial charge >= 0.3 is 17.8 Å². The lowest BCUT2D eigenvalue weighted by Gasteiger charge is -2.11. The fraction of sp³-hybridized carbons (Fsp3) is 0.556. The summed E-state index contributed by atoms with van der Waals surface area (Å²) >= 11 is 0.862. The average molecular weight is 244 g/mol. The molecule has 1 aliphatic rings. The predicted octanol–water partition coefficient (Wildman–Crippen LogP) is 1.06. The SMILES string of the molecule is CCCSC(=O)N1C(=O)C(=O)N(CC)C1=O. The molecule has 0 N–H and O–H groups in total. The molecule has 1 rings (SSSR count). The highest BCUT2D eigenvalue weighted by Gasteiger charge is 2.47. The third-order valence-electron chi connectivity index (χ3n) is 1.98. The van der Waals surface area contributed by atoms with Crippen molar-refractivity contribution in [3.05, 3.63) is 0 Å². The lowest BCUT2D eigenvalue weighted by molar-refractivity contribution is -0.142. The number of imide groups is 4. The van der Waals surface area contributed by atoms with E-state index in [0.717, 1.165) is 23.1 Å². The van der Waals surface area contributed by atoms with Crippen molar-refractivity contribution in [1.29, 1.82) is 0 Å². The van der Waals surface area contributed by atoms with Crippen LogP contribution >= 0.6 is 11.8 Å². The molecule has 1 fully saturated rings. The molecule has 0 saturated carbocycles. The van der Waals surface area contributed by atoms with Crippen LogP contribution in [0.2, 0.25) is 0 Å². The Bertz CT molecular complexity index is 355. The summed E-state index contributed by atoms with van der Waals surface area (Å²) in [6.45, 7) is 3.53. The van der Waals surface area contributed by atoms with Gasteiger partial charge in [-0.15, -0.1) is 0 Å². The average Bonchev–Trinajstić information content (AvgIpc) is 2.47. The first-order valence-electron chi connectivity index (χ1n) is 4.91. The monoisotopic (exact) mass is 244 g/mol. The fourth-order valence-corrected chi connectivity index (χ4v) is 1.87. The van der Waals surface area contributed by atoms with E-state index in [1.54, 1.807) is 6.92 Å². The Kier molecular flexibility index (Phi) is 4.05. The molecule has 1 heterocycles. The van der Waals surface area contributed by atoms with Crippen LogP contribution in [0.25, 0.3) is 0 Å². The van der Waals surface area contributed by atoms with E-state index < -0.39 is 23.1 Å².